The lowest BCUT2D eigenvalue weighted by molar-refractivity contribution is -0.137. The number of carbonyl (C=O) groups is 2. The third-order valence-corrected chi connectivity index (χ3v) is 3.79. The Morgan fingerprint density at radius 2 is 1.91 bits per heavy atom. The number of carbonyl (C=O) groups excluding carboxylic acids is 2. The number of aliphatic hydroxyl groups is 1. The molecule has 0 bridgehead atoms. The minimum atomic E-state index is -0.916. The number of ether oxygens (including phenoxy) is 1. The van der Waals surface area contributed by atoms with Gasteiger partial charge in [0.1, 0.15) is 18.0 Å². The number of hydrogen-bond donors (Lipinski definition) is 2. The molecule has 2 rings (SSSR count). The highest BCUT2D eigenvalue weighted by Gasteiger charge is 2.34. The van der Waals surface area contributed by atoms with Crippen molar-refractivity contribution in [1.82, 2.24) is 10.2 Å². The van der Waals surface area contributed by atoms with Crippen molar-refractivity contribution in [3.63, 3.8) is 0 Å². The van der Waals surface area contributed by atoms with E-state index in [1.165, 1.54) is 6.92 Å². The number of hydrogen-bond acceptors (Lipinski definition) is 4. The maximum atomic E-state index is 11.9. The number of piperidine rings is 1. The number of rotatable bonds is 5. The number of nitrogens with one attached hydrogen (secondary N) is 1. The van der Waals surface area contributed by atoms with Crippen molar-refractivity contribution in [1.29, 1.82) is 0 Å². The van der Waals surface area contributed by atoms with Crippen molar-refractivity contribution in [2.75, 3.05) is 26.2 Å². The van der Waals surface area contributed by atoms with Gasteiger partial charge in [-0.3, -0.25) is 9.59 Å². The number of nitrogens with zero attached hydrogens (tertiary/aromatic N) is 1. The Morgan fingerprint density at radius 3 is 2.50 bits per heavy atom. The van der Waals surface area contributed by atoms with Gasteiger partial charge in [0.05, 0.1) is 6.54 Å². The summed E-state index contributed by atoms with van der Waals surface area (Å²) in [6.07, 6.45) is 0.928. The molecule has 0 aromatic heterocycles. The van der Waals surface area contributed by atoms with Crippen molar-refractivity contribution in [2.24, 2.45) is 0 Å². The van der Waals surface area contributed by atoms with Crippen molar-refractivity contribution in [3.05, 3.63) is 30.3 Å². The zero-order chi connectivity index (χ0) is 16.0. The second-order valence-corrected chi connectivity index (χ2v) is 5.62. The van der Waals surface area contributed by atoms with Crippen molar-refractivity contribution in [3.8, 4) is 5.75 Å². The van der Waals surface area contributed by atoms with E-state index in [0.29, 0.717) is 25.9 Å². The minimum Gasteiger partial charge on any atom is -0.491 e. The molecule has 1 aliphatic rings. The van der Waals surface area contributed by atoms with Crippen LogP contribution in [0, 0.1) is 0 Å². The summed E-state index contributed by atoms with van der Waals surface area (Å²) >= 11 is 0. The van der Waals surface area contributed by atoms with E-state index in [0.717, 1.165) is 5.75 Å². The standard InChI is InChI=1S/C16H22N2O4/c1-13(19)17-11-15(20)18-9-7-16(21,8-10-18)12-22-14-5-3-2-4-6-14/h2-6,21H,7-12H2,1H3,(H,17,19). The van der Waals surface area contributed by atoms with Crippen LogP contribution in [0.2, 0.25) is 0 Å². The molecule has 1 aromatic rings. The van der Waals surface area contributed by atoms with E-state index in [-0.39, 0.29) is 25.0 Å². The van der Waals surface area contributed by atoms with E-state index in [1.807, 2.05) is 30.3 Å². The molecule has 22 heavy (non-hydrogen) atoms. The van der Waals surface area contributed by atoms with Gasteiger partial charge in [0.15, 0.2) is 0 Å². The van der Waals surface area contributed by atoms with Gasteiger partial charge in [-0.15, -0.1) is 0 Å². The molecule has 120 valence electrons. The zero-order valence-corrected chi connectivity index (χ0v) is 12.7. The number of para-hydroxylation sites is 1. The van der Waals surface area contributed by atoms with Gasteiger partial charge >= 0.3 is 0 Å². The molecule has 0 atom stereocenters. The van der Waals surface area contributed by atoms with Crippen LogP contribution < -0.4 is 10.1 Å². The molecule has 0 radical (unpaired) electrons. The van der Waals surface area contributed by atoms with Gasteiger partial charge in [-0.25, -0.2) is 0 Å². The zero-order valence-electron chi connectivity index (χ0n) is 12.7. The molecule has 0 saturated carbocycles. The predicted molar refractivity (Wildman–Crippen MR) is 81.4 cm³/mol. The van der Waals surface area contributed by atoms with E-state index in [1.54, 1.807) is 4.90 Å². The minimum absolute atomic E-state index is 0.00821. The van der Waals surface area contributed by atoms with Gasteiger partial charge in [0, 0.05) is 20.0 Å². The van der Waals surface area contributed by atoms with Gasteiger partial charge in [-0.1, -0.05) is 18.2 Å². The number of likely N-dealkylation sites (tertiary alicyclic amines) is 1. The average molecular weight is 306 g/mol. The Hall–Kier alpha value is -2.08. The quantitative estimate of drug-likeness (QED) is 0.833. The first kappa shape index (κ1) is 16.3. The lowest BCUT2D eigenvalue weighted by Crippen LogP contribution is -2.51. The summed E-state index contributed by atoms with van der Waals surface area (Å²) in [6.45, 7) is 2.53. The molecule has 1 aliphatic heterocycles. The molecule has 1 fully saturated rings. The topological polar surface area (TPSA) is 78.9 Å². The van der Waals surface area contributed by atoms with E-state index in [2.05, 4.69) is 5.32 Å². The molecule has 1 aromatic carbocycles. The van der Waals surface area contributed by atoms with Crippen LogP contribution >= 0.6 is 0 Å². The van der Waals surface area contributed by atoms with Crippen molar-refractivity contribution >= 4 is 11.8 Å². The fourth-order valence-electron chi connectivity index (χ4n) is 2.36. The van der Waals surface area contributed by atoms with Gasteiger partial charge in [0.2, 0.25) is 11.8 Å². The maximum absolute atomic E-state index is 11.9. The fourth-order valence-corrected chi connectivity index (χ4v) is 2.36. The van der Waals surface area contributed by atoms with E-state index < -0.39 is 5.60 Å². The summed E-state index contributed by atoms with van der Waals surface area (Å²) in [5.74, 6) is 0.374. The Labute approximate surface area is 130 Å². The average Bonchev–Trinajstić information content (AvgIpc) is 2.52. The summed E-state index contributed by atoms with van der Waals surface area (Å²) in [7, 11) is 0. The summed E-state index contributed by atoms with van der Waals surface area (Å²) in [4.78, 5) is 24.4. The Balaban J connectivity index is 1.77. The smallest absolute Gasteiger partial charge is 0.241 e. The number of amides is 2. The van der Waals surface area contributed by atoms with E-state index in [4.69, 9.17) is 4.74 Å². The SMILES string of the molecule is CC(=O)NCC(=O)N1CCC(O)(COc2ccccc2)CC1. The molecule has 0 aliphatic carbocycles. The van der Waals surface area contributed by atoms with Crippen molar-refractivity contribution < 1.29 is 19.4 Å². The third kappa shape index (κ3) is 4.73. The molecular formula is C16H22N2O4. The molecule has 2 N–H and O–H groups in total. The van der Waals surface area contributed by atoms with Gasteiger partial charge in [-0.2, -0.15) is 0 Å². The summed E-state index contributed by atoms with van der Waals surface area (Å²) in [5, 5.41) is 13.0. The summed E-state index contributed by atoms with van der Waals surface area (Å²) in [5.41, 5.74) is -0.916. The van der Waals surface area contributed by atoms with Crippen LogP contribution in [0.4, 0.5) is 0 Å². The van der Waals surface area contributed by atoms with E-state index >= 15 is 0 Å². The van der Waals surface area contributed by atoms with Crippen LogP contribution in [0.3, 0.4) is 0 Å². The Bertz CT molecular complexity index is 510. The molecule has 6 heteroatoms. The molecule has 1 saturated heterocycles. The van der Waals surface area contributed by atoms with Crippen LogP contribution in [0.1, 0.15) is 19.8 Å². The molecule has 1 heterocycles. The first-order valence-corrected chi connectivity index (χ1v) is 7.41. The highest BCUT2D eigenvalue weighted by Crippen LogP contribution is 2.23. The van der Waals surface area contributed by atoms with Crippen LogP contribution in [-0.2, 0) is 9.59 Å². The van der Waals surface area contributed by atoms with Crippen LogP contribution in [0.25, 0.3) is 0 Å². The maximum Gasteiger partial charge on any atom is 0.241 e. The van der Waals surface area contributed by atoms with Gasteiger partial charge < -0.3 is 20.1 Å². The molecule has 2 amide bonds. The lowest BCUT2D eigenvalue weighted by Gasteiger charge is -2.37. The molecule has 6 nitrogen and oxygen atoms in total. The normalized spacial score (nSPS) is 16.9. The Morgan fingerprint density at radius 1 is 1.27 bits per heavy atom. The van der Waals surface area contributed by atoms with Gasteiger partial charge in [-0.05, 0) is 25.0 Å². The highest BCUT2D eigenvalue weighted by atomic mass is 16.5. The number of benzene rings is 1. The largest absolute Gasteiger partial charge is 0.491 e. The summed E-state index contributed by atoms with van der Waals surface area (Å²) in [6, 6.07) is 9.34. The monoisotopic (exact) mass is 306 g/mol. The Kier molecular flexibility index (Phi) is 5.38. The van der Waals surface area contributed by atoms with Gasteiger partial charge in [0.25, 0.3) is 0 Å². The first-order valence-electron chi connectivity index (χ1n) is 7.41. The first-order chi connectivity index (χ1) is 10.5. The summed E-state index contributed by atoms with van der Waals surface area (Å²) < 4.78 is 5.61. The van der Waals surface area contributed by atoms with Crippen LogP contribution in [-0.4, -0.2) is 53.7 Å². The van der Waals surface area contributed by atoms with Crippen LogP contribution in [0.15, 0.2) is 30.3 Å². The van der Waals surface area contributed by atoms with E-state index in [9.17, 15) is 14.7 Å². The molecular weight excluding hydrogens is 284 g/mol. The molecule has 0 unspecified atom stereocenters. The second-order valence-electron chi connectivity index (χ2n) is 5.62. The highest BCUT2D eigenvalue weighted by molar-refractivity contribution is 5.83. The van der Waals surface area contributed by atoms with Crippen molar-refractivity contribution in [2.45, 2.75) is 25.4 Å². The third-order valence-electron chi connectivity index (χ3n) is 3.79. The second kappa shape index (κ2) is 7.26. The predicted octanol–water partition coefficient (Wildman–Crippen LogP) is 0.555. The fraction of sp³-hybridized carbons (Fsp3) is 0.500. The molecule has 0 spiro atoms. The lowest BCUT2D eigenvalue weighted by atomic mass is 9.92. The van der Waals surface area contributed by atoms with Crippen LogP contribution in [0.5, 0.6) is 5.75 Å².